The molecule has 0 atom stereocenters. The summed E-state index contributed by atoms with van der Waals surface area (Å²) in [4.78, 5) is 25.6. The minimum Gasteiger partial charge on any atom is -0.292 e. The molecule has 3 aromatic rings. The minimum absolute atomic E-state index is 0.0480. The molecule has 0 bridgehead atoms. The summed E-state index contributed by atoms with van der Waals surface area (Å²) in [5.74, 6) is -0.119. The Morgan fingerprint density at radius 3 is 2.33 bits per heavy atom. The number of aromatic nitrogens is 2. The van der Waals surface area contributed by atoms with Crippen LogP contribution in [0.4, 0.5) is 0 Å². The highest BCUT2D eigenvalue weighted by Crippen LogP contribution is 2.27. The van der Waals surface area contributed by atoms with Crippen LogP contribution in [0.5, 0.6) is 0 Å². The summed E-state index contributed by atoms with van der Waals surface area (Å²) in [5, 5.41) is 4.61. The number of halogens is 1. The largest absolute Gasteiger partial charge is 0.292 e. The molecule has 1 aliphatic rings. The Morgan fingerprint density at radius 2 is 1.63 bits per heavy atom. The maximum atomic E-state index is 13.0. The molecule has 0 fully saturated rings. The highest BCUT2D eigenvalue weighted by Gasteiger charge is 2.22. The van der Waals surface area contributed by atoms with Crippen LogP contribution in [0.15, 0.2) is 63.9 Å². The lowest BCUT2D eigenvalue weighted by Crippen LogP contribution is -2.32. The van der Waals surface area contributed by atoms with Crippen molar-refractivity contribution in [2.75, 3.05) is 0 Å². The number of fused-ring (bicyclic) bond motifs is 1. The lowest BCUT2D eigenvalue weighted by Gasteiger charge is -2.20. The first-order valence-corrected chi connectivity index (χ1v) is 9.90. The SMILES string of the molecule is O=C(Cn1nc(-c2ccccc2)c2c(c1=O)CCCC2)c1ccc(Br)cc1. The molecule has 0 saturated heterocycles. The molecule has 136 valence electrons. The van der Waals surface area contributed by atoms with E-state index in [9.17, 15) is 9.59 Å². The van der Waals surface area contributed by atoms with Crippen molar-refractivity contribution in [3.8, 4) is 11.3 Å². The molecule has 0 unspecified atom stereocenters. The van der Waals surface area contributed by atoms with Crippen molar-refractivity contribution in [3.05, 3.63) is 86.1 Å². The smallest absolute Gasteiger partial charge is 0.270 e. The predicted molar refractivity (Wildman–Crippen MR) is 109 cm³/mol. The molecule has 1 aliphatic carbocycles. The van der Waals surface area contributed by atoms with Crippen LogP contribution in [0.2, 0.25) is 0 Å². The van der Waals surface area contributed by atoms with Gasteiger partial charge in [0.1, 0.15) is 6.54 Å². The molecule has 0 spiro atoms. The average Bonchev–Trinajstić information content (AvgIpc) is 2.71. The summed E-state index contributed by atoms with van der Waals surface area (Å²) in [6.07, 6.45) is 3.68. The number of Topliss-reactive ketones (excluding diaryl/α,β-unsaturated/α-hetero) is 1. The normalized spacial score (nSPS) is 13.2. The molecular formula is C22H19BrN2O2. The van der Waals surface area contributed by atoms with Gasteiger partial charge in [-0.3, -0.25) is 9.59 Å². The van der Waals surface area contributed by atoms with E-state index in [0.717, 1.165) is 52.5 Å². The number of rotatable bonds is 4. The van der Waals surface area contributed by atoms with Gasteiger partial charge in [-0.2, -0.15) is 5.10 Å². The summed E-state index contributed by atoms with van der Waals surface area (Å²) in [5.41, 5.74) is 4.12. The molecule has 4 nitrogen and oxygen atoms in total. The number of benzene rings is 2. The van der Waals surface area contributed by atoms with Gasteiger partial charge in [-0.25, -0.2) is 4.68 Å². The maximum Gasteiger partial charge on any atom is 0.270 e. The second-order valence-electron chi connectivity index (χ2n) is 6.77. The first-order chi connectivity index (χ1) is 13.1. The van der Waals surface area contributed by atoms with E-state index in [2.05, 4.69) is 21.0 Å². The lowest BCUT2D eigenvalue weighted by molar-refractivity contribution is 0.0965. The van der Waals surface area contributed by atoms with Gasteiger partial charge in [-0.05, 0) is 43.4 Å². The topological polar surface area (TPSA) is 52.0 Å². The van der Waals surface area contributed by atoms with E-state index in [1.165, 1.54) is 4.68 Å². The Balaban J connectivity index is 1.78. The molecule has 0 N–H and O–H groups in total. The van der Waals surface area contributed by atoms with E-state index in [-0.39, 0.29) is 17.9 Å². The van der Waals surface area contributed by atoms with Crippen molar-refractivity contribution in [2.45, 2.75) is 32.2 Å². The monoisotopic (exact) mass is 422 g/mol. The van der Waals surface area contributed by atoms with E-state index in [1.54, 1.807) is 12.1 Å². The van der Waals surface area contributed by atoms with Gasteiger partial charge in [0, 0.05) is 21.2 Å². The Hall–Kier alpha value is -2.53. The second kappa shape index (κ2) is 7.61. The van der Waals surface area contributed by atoms with Crippen LogP contribution in [0.25, 0.3) is 11.3 Å². The minimum atomic E-state index is -0.130. The molecule has 0 amide bonds. The third-order valence-electron chi connectivity index (χ3n) is 4.97. The van der Waals surface area contributed by atoms with Crippen molar-refractivity contribution in [3.63, 3.8) is 0 Å². The van der Waals surface area contributed by atoms with Crippen LogP contribution in [-0.4, -0.2) is 15.6 Å². The molecule has 27 heavy (non-hydrogen) atoms. The van der Waals surface area contributed by atoms with Crippen LogP contribution in [0.3, 0.4) is 0 Å². The highest BCUT2D eigenvalue weighted by molar-refractivity contribution is 9.10. The van der Waals surface area contributed by atoms with E-state index in [0.29, 0.717) is 5.56 Å². The second-order valence-corrected chi connectivity index (χ2v) is 7.69. The van der Waals surface area contributed by atoms with Crippen LogP contribution in [0.1, 0.15) is 34.3 Å². The van der Waals surface area contributed by atoms with Crippen LogP contribution in [0, 0.1) is 0 Å². The van der Waals surface area contributed by atoms with Crippen LogP contribution < -0.4 is 5.56 Å². The summed E-state index contributed by atoms with van der Waals surface area (Å²) in [6.45, 7) is -0.0480. The van der Waals surface area contributed by atoms with Gasteiger partial charge in [0.05, 0.1) is 5.69 Å². The third-order valence-corrected chi connectivity index (χ3v) is 5.50. The number of hydrogen-bond donors (Lipinski definition) is 0. The molecule has 0 radical (unpaired) electrons. The average molecular weight is 423 g/mol. The van der Waals surface area contributed by atoms with Gasteiger partial charge in [-0.1, -0.05) is 58.4 Å². The number of ketones is 1. The van der Waals surface area contributed by atoms with Crippen LogP contribution in [-0.2, 0) is 19.4 Å². The lowest BCUT2D eigenvalue weighted by atomic mass is 9.90. The zero-order valence-electron chi connectivity index (χ0n) is 14.8. The summed E-state index contributed by atoms with van der Waals surface area (Å²) >= 11 is 3.37. The van der Waals surface area contributed by atoms with Crippen molar-refractivity contribution in [1.82, 2.24) is 9.78 Å². The fraction of sp³-hybridized carbons (Fsp3) is 0.227. The summed E-state index contributed by atoms with van der Waals surface area (Å²) in [7, 11) is 0. The molecule has 0 aliphatic heterocycles. The Labute approximate surface area is 166 Å². The van der Waals surface area contributed by atoms with Crippen molar-refractivity contribution < 1.29 is 4.79 Å². The highest BCUT2D eigenvalue weighted by atomic mass is 79.9. The van der Waals surface area contributed by atoms with Crippen molar-refractivity contribution >= 4 is 21.7 Å². The maximum absolute atomic E-state index is 13.0. The Morgan fingerprint density at radius 1 is 0.963 bits per heavy atom. The first-order valence-electron chi connectivity index (χ1n) is 9.10. The zero-order valence-corrected chi connectivity index (χ0v) is 16.4. The van der Waals surface area contributed by atoms with Crippen molar-refractivity contribution in [2.24, 2.45) is 0 Å². The van der Waals surface area contributed by atoms with E-state index < -0.39 is 0 Å². The molecule has 2 aromatic carbocycles. The van der Waals surface area contributed by atoms with E-state index in [4.69, 9.17) is 0 Å². The van der Waals surface area contributed by atoms with E-state index in [1.807, 2.05) is 42.5 Å². The van der Waals surface area contributed by atoms with Gasteiger partial charge in [-0.15, -0.1) is 0 Å². The fourth-order valence-electron chi connectivity index (χ4n) is 3.58. The molecule has 0 saturated carbocycles. The fourth-order valence-corrected chi connectivity index (χ4v) is 3.85. The molecule has 1 heterocycles. The number of carbonyl (C=O) groups excluding carboxylic acids is 1. The molecule has 5 heteroatoms. The first kappa shape index (κ1) is 17.9. The summed E-state index contributed by atoms with van der Waals surface area (Å²) in [6, 6.07) is 17.1. The number of hydrogen-bond acceptors (Lipinski definition) is 3. The predicted octanol–water partition coefficient (Wildman–Crippen LogP) is 4.43. The summed E-state index contributed by atoms with van der Waals surface area (Å²) < 4.78 is 2.26. The van der Waals surface area contributed by atoms with Crippen molar-refractivity contribution in [1.29, 1.82) is 0 Å². The van der Waals surface area contributed by atoms with E-state index >= 15 is 0 Å². The van der Waals surface area contributed by atoms with Crippen LogP contribution >= 0.6 is 15.9 Å². The molecule has 4 rings (SSSR count). The third kappa shape index (κ3) is 3.65. The van der Waals surface area contributed by atoms with Gasteiger partial charge in [0.2, 0.25) is 0 Å². The standard InChI is InChI=1S/C22H19BrN2O2/c23-17-12-10-15(11-13-17)20(26)14-25-22(27)19-9-5-4-8-18(19)21(24-25)16-6-2-1-3-7-16/h1-3,6-7,10-13H,4-5,8-9,14H2. The number of nitrogens with zero attached hydrogens (tertiary/aromatic N) is 2. The van der Waals surface area contributed by atoms with Gasteiger partial charge < -0.3 is 0 Å². The molecular weight excluding hydrogens is 404 g/mol. The van der Waals surface area contributed by atoms with Gasteiger partial charge in [0.25, 0.3) is 5.56 Å². The van der Waals surface area contributed by atoms with Gasteiger partial charge >= 0.3 is 0 Å². The molecule has 1 aromatic heterocycles. The quantitative estimate of drug-likeness (QED) is 0.584. The van der Waals surface area contributed by atoms with Gasteiger partial charge in [0.15, 0.2) is 5.78 Å². The number of carbonyl (C=O) groups is 1. The Bertz CT molecular complexity index is 1040. The Kier molecular flexibility index (Phi) is 5.03. The zero-order chi connectivity index (χ0) is 18.8.